The average Bonchev–Trinajstić information content (AvgIpc) is 3.23. The highest BCUT2D eigenvalue weighted by Crippen LogP contribution is 2.38. The van der Waals surface area contributed by atoms with Crippen LogP contribution in [0.25, 0.3) is 0 Å². The van der Waals surface area contributed by atoms with Crippen LogP contribution in [0.2, 0.25) is 0 Å². The van der Waals surface area contributed by atoms with E-state index in [2.05, 4.69) is 22.4 Å². The molecule has 1 heterocycles. The van der Waals surface area contributed by atoms with Gasteiger partial charge in [0.2, 0.25) is 0 Å². The molecule has 3 N–H and O–H groups in total. The maximum atomic E-state index is 8.86. The Labute approximate surface area is 130 Å². The molecule has 1 fully saturated rings. The van der Waals surface area contributed by atoms with Gasteiger partial charge in [0.1, 0.15) is 5.82 Å². The predicted octanol–water partition coefficient (Wildman–Crippen LogP) is 2.80. The molecule has 2 atom stereocenters. The smallest absolute Gasteiger partial charge is 0.126 e. The molecule has 3 rings (SSSR count). The highest BCUT2D eigenvalue weighted by molar-refractivity contribution is 5.85. The van der Waals surface area contributed by atoms with Crippen molar-refractivity contribution < 1.29 is 0 Å². The van der Waals surface area contributed by atoms with Gasteiger partial charge in [0.15, 0.2) is 0 Å². The SMILES string of the molecule is Cl.N#Cc1cccc(CNc2ccc(C3CC3N)cn2)c1. The second kappa shape index (κ2) is 6.57. The topological polar surface area (TPSA) is 74.7 Å². The summed E-state index contributed by atoms with van der Waals surface area (Å²) in [5.74, 6) is 1.33. The molecule has 1 aromatic heterocycles. The number of aromatic nitrogens is 1. The van der Waals surface area contributed by atoms with E-state index in [-0.39, 0.29) is 12.4 Å². The van der Waals surface area contributed by atoms with Crippen molar-refractivity contribution in [3.8, 4) is 6.07 Å². The Hall–Kier alpha value is -2.09. The van der Waals surface area contributed by atoms with Crippen molar-refractivity contribution in [2.45, 2.75) is 24.9 Å². The Bertz CT molecular complexity index is 648. The zero-order valence-electron chi connectivity index (χ0n) is 11.5. The molecule has 0 amide bonds. The summed E-state index contributed by atoms with van der Waals surface area (Å²) < 4.78 is 0. The van der Waals surface area contributed by atoms with Crippen LogP contribution in [0.3, 0.4) is 0 Å². The van der Waals surface area contributed by atoms with Crippen molar-refractivity contribution >= 4 is 18.2 Å². The van der Waals surface area contributed by atoms with Crippen LogP contribution in [0.5, 0.6) is 0 Å². The van der Waals surface area contributed by atoms with Crippen molar-refractivity contribution in [1.29, 1.82) is 5.26 Å². The molecule has 1 aliphatic carbocycles. The van der Waals surface area contributed by atoms with Crippen molar-refractivity contribution in [1.82, 2.24) is 4.98 Å². The second-order valence-corrected chi connectivity index (χ2v) is 5.15. The van der Waals surface area contributed by atoms with Crippen LogP contribution in [-0.4, -0.2) is 11.0 Å². The van der Waals surface area contributed by atoms with Crippen LogP contribution in [0.4, 0.5) is 5.82 Å². The lowest BCUT2D eigenvalue weighted by Gasteiger charge is -2.07. The third kappa shape index (κ3) is 3.72. The molecule has 21 heavy (non-hydrogen) atoms. The first-order valence-corrected chi connectivity index (χ1v) is 6.71. The quantitative estimate of drug-likeness (QED) is 0.910. The van der Waals surface area contributed by atoms with E-state index in [0.29, 0.717) is 24.1 Å². The number of benzene rings is 1. The molecule has 5 heteroatoms. The van der Waals surface area contributed by atoms with Gasteiger partial charge in [-0.25, -0.2) is 4.98 Å². The summed E-state index contributed by atoms with van der Waals surface area (Å²) in [6, 6.07) is 14.1. The summed E-state index contributed by atoms with van der Waals surface area (Å²) in [6.45, 7) is 0.658. The molecule has 1 aliphatic rings. The number of halogens is 1. The molecule has 0 spiro atoms. The molecule has 1 saturated carbocycles. The van der Waals surface area contributed by atoms with E-state index in [1.54, 1.807) is 6.07 Å². The molecule has 1 aromatic carbocycles. The van der Waals surface area contributed by atoms with E-state index in [1.165, 1.54) is 5.56 Å². The number of anilines is 1. The number of rotatable bonds is 4. The summed E-state index contributed by atoms with van der Waals surface area (Å²) >= 11 is 0. The molecular weight excluding hydrogens is 284 g/mol. The van der Waals surface area contributed by atoms with E-state index in [0.717, 1.165) is 17.8 Å². The van der Waals surface area contributed by atoms with Crippen LogP contribution < -0.4 is 11.1 Å². The first-order chi connectivity index (χ1) is 9.76. The fraction of sp³-hybridized carbons (Fsp3) is 0.250. The molecule has 2 unspecified atom stereocenters. The van der Waals surface area contributed by atoms with Gasteiger partial charge in [-0.1, -0.05) is 18.2 Å². The van der Waals surface area contributed by atoms with Crippen LogP contribution in [0.15, 0.2) is 42.6 Å². The highest BCUT2D eigenvalue weighted by atomic mass is 35.5. The van der Waals surface area contributed by atoms with E-state index < -0.39 is 0 Å². The minimum Gasteiger partial charge on any atom is -0.366 e. The van der Waals surface area contributed by atoms with Crippen LogP contribution in [0.1, 0.15) is 29.0 Å². The van der Waals surface area contributed by atoms with Gasteiger partial charge >= 0.3 is 0 Å². The number of pyridine rings is 1. The standard InChI is InChI=1S/C16H16N4.ClH/c17-8-11-2-1-3-12(6-11)9-19-16-5-4-13(10-20-16)14-7-15(14)18;/h1-6,10,14-15H,7,9,18H2,(H,19,20);1H. The number of nitrogens with one attached hydrogen (secondary N) is 1. The number of hydrogen-bond acceptors (Lipinski definition) is 4. The maximum absolute atomic E-state index is 8.86. The molecule has 0 bridgehead atoms. The van der Waals surface area contributed by atoms with Crippen molar-refractivity contribution in [2.75, 3.05) is 5.32 Å². The number of nitriles is 1. The largest absolute Gasteiger partial charge is 0.366 e. The number of nitrogens with two attached hydrogens (primary N) is 1. The van der Waals surface area contributed by atoms with E-state index >= 15 is 0 Å². The van der Waals surface area contributed by atoms with Crippen molar-refractivity contribution in [3.05, 3.63) is 59.3 Å². The first kappa shape index (κ1) is 15.3. The van der Waals surface area contributed by atoms with Crippen LogP contribution in [0, 0.1) is 11.3 Å². The third-order valence-electron chi connectivity index (χ3n) is 3.58. The van der Waals surface area contributed by atoms with E-state index in [1.807, 2.05) is 30.5 Å². The lowest BCUT2D eigenvalue weighted by atomic mass is 10.1. The fourth-order valence-electron chi connectivity index (χ4n) is 2.27. The van der Waals surface area contributed by atoms with Gasteiger partial charge < -0.3 is 11.1 Å². The summed E-state index contributed by atoms with van der Waals surface area (Å²) in [5, 5.41) is 12.1. The molecule has 0 radical (unpaired) electrons. The summed E-state index contributed by atoms with van der Waals surface area (Å²) in [5.41, 5.74) is 8.79. The molecule has 0 saturated heterocycles. The Morgan fingerprint density at radius 2 is 2.14 bits per heavy atom. The van der Waals surface area contributed by atoms with Crippen LogP contribution >= 0.6 is 12.4 Å². The summed E-state index contributed by atoms with van der Waals surface area (Å²) in [7, 11) is 0. The average molecular weight is 301 g/mol. The number of hydrogen-bond donors (Lipinski definition) is 2. The van der Waals surface area contributed by atoms with Crippen LogP contribution in [-0.2, 0) is 6.54 Å². The zero-order chi connectivity index (χ0) is 13.9. The summed E-state index contributed by atoms with van der Waals surface area (Å²) in [6.07, 6.45) is 2.96. The fourth-order valence-corrected chi connectivity index (χ4v) is 2.27. The van der Waals surface area contributed by atoms with Crippen molar-refractivity contribution in [2.24, 2.45) is 5.73 Å². The maximum Gasteiger partial charge on any atom is 0.126 e. The van der Waals surface area contributed by atoms with Gasteiger partial charge in [0.05, 0.1) is 11.6 Å². The Kier molecular flexibility index (Phi) is 4.79. The van der Waals surface area contributed by atoms with Gasteiger partial charge in [-0.2, -0.15) is 5.26 Å². The second-order valence-electron chi connectivity index (χ2n) is 5.15. The minimum atomic E-state index is 0. The third-order valence-corrected chi connectivity index (χ3v) is 3.58. The highest BCUT2D eigenvalue weighted by Gasteiger charge is 2.34. The first-order valence-electron chi connectivity index (χ1n) is 6.71. The van der Waals surface area contributed by atoms with Gasteiger partial charge in [-0.15, -0.1) is 12.4 Å². The molecule has 0 aliphatic heterocycles. The Morgan fingerprint density at radius 3 is 2.76 bits per heavy atom. The van der Waals surface area contributed by atoms with Gasteiger partial charge in [-0.3, -0.25) is 0 Å². The molecule has 108 valence electrons. The van der Waals surface area contributed by atoms with Gasteiger partial charge in [0.25, 0.3) is 0 Å². The number of nitrogens with zero attached hydrogens (tertiary/aromatic N) is 2. The van der Waals surface area contributed by atoms with E-state index in [9.17, 15) is 0 Å². The lowest BCUT2D eigenvalue weighted by Crippen LogP contribution is -2.03. The Morgan fingerprint density at radius 1 is 1.33 bits per heavy atom. The minimum absolute atomic E-state index is 0. The molecule has 4 nitrogen and oxygen atoms in total. The van der Waals surface area contributed by atoms with Crippen molar-refractivity contribution in [3.63, 3.8) is 0 Å². The van der Waals surface area contributed by atoms with Gasteiger partial charge in [0, 0.05) is 24.7 Å². The monoisotopic (exact) mass is 300 g/mol. The molecule has 2 aromatic rings. The normalized spacial score (nSPS) is 19.2. The summed E-state index contributed by atoms with van der Waals surface area (Å²) in [4.78, 5) is 4.40. The molecular formula is C16H17ClN4. The lowest BCUT2D eigenvalue weighted by molar-refractivity contribution is 0.978. The van der Waals surface area contributed by atoms with E-state index in [4.69, 9.17) is 11.0 Å². The van der Waals surface area contributed by atoms with Gasteiger partial charge in [-0.05, 0) is 35.7 Å². The zero-order valence-corrected chi connectivity index (χ0v) is 12.3. The predicted molar refractivity (Wildman–Crippen MR) is 85.3 cm³/mol. The Balaban J connectivity index is 0.00000161.